The first-order valence-corrected chi connectivity index (χ1v) is 3.69. The highest BCUT2D eigenvalue weighted by atomic mass is 35.5. The van der Waals surface area contributed by atoms with Gasteiger partial charge in [-0.1, -0.05) is 23.2 Å². The largest absolute Gasteiger partial charge is 0.550 e. The van der Waals surface area contributed by atoms with Crippen molar-refractivity contribution in [3.63, 3.8) is 0 Å². The van der Waals surface area contributed by atoms with Gasteiger partial charge in [0.25, 0.3) is 0 Å². The summed E-state index contributed by atoms with van der Waals surface area (Å²) >= 11 is 10.8. The van der Waals surface area contributed by atoms with Crippen molar-refractivity contribution in [3.8, 4) is 0 Å². The average Bonchev–Trinajstić information content (AvgIpc) is 2.04. The van der Waals surface area contributed by atoms with Crippen molar-refractivity contribution in [3.05, 3.63) is 11.1 Å². The Kier molecular flexibility index (Phi) is 2.30. The lowest BCUT2D eigenvalue weighted by atomic mass is 10.2. The van der Waals surface area contributed by atoms with Crippen LogP contribution in [0, 0.1) is 0 Å². The number of alkyl halides is 1. The topological polar surface area (TPSA) is 66.4 Å². The smallest absolute Gasteiger partial charge is 0.351 e. The van der Waals surface area contributed by atoms with Crippen LogP contribution in [-0.2, 0) is 14.3 Å². The molecule has 1 atom stereocenters. The molecule has 1 unspecified atom stereocenters. The molecule has 0 bridgehead atoms. The molecule has 0 amide bonds. The van der Waals surface area contributed by atoms with E-state index in [0.29, 0.717) is 0 Å². The van der Waals surface area contributed by atoms with Crippen molar-refractivity contribution < 1.29 is 19.4 Å². The zero-order valence-corrected chi connectivity index (χ0v) is 7.19. The minimum absolute atomic E-state index is 0.216. The maximum absolute atomic E-state index is 10.7. The van der Waals surface area contributed by atoms with Crippen LogP contribution in [0.2, 0.25) is 0 Å². The van der Waals surface area contributed by atoms with E-state index in [2.05, 4.69) is 4.74 Å². The summed E-state index contributed by atoms with van der Waals surface area (Å²) in [7, 11) is 0. The van der Waals surface area contributed by atoms with E-state index in [1.807, 2.05) is 0 Å². The summed E-state index contributed by atoms with van der Waals surface area (Å²) in [5.74, 6) is -2.24. The van der Waals surface area contributed by atoms with Crippen LogP contribution in [0.3, 0.4) is 0 Å². The number of carbonyl (C=O) groups excluding carboxylic acids is 2. The zero-order valence-electron chi connectivity index (χ0n) is 5.67. The number of carboxylic acid groups (broad SMARTS) is 1. The quantitative estimate of drug-likeness (QED) is 0.465. The third kappa shape index (κ3) is 1.89. The van der Waals surface area contributed by atoms with Crippen LogP contribution in [-0.4, -0.2) is 17.0 Å². The van der Waals surface area contributed by atoms with Crippen LogP contribution in [0.25, 0.3) is 0 Å². The number of cyclic esters (lactones) is 1. The van der Waals surface area contributed by atoms with Gasteiger partial charge >= 0.3 is 5.97 Å². The van der Waals surface area contributed by atoms with Gasteiger partial charge in [-0.2, -0.15) is 0 Å². The van der Waals surface area contributed by atoms with Gasteiger partial charge in [0.05, 0.1) is 0 Å². The molecule has 0 spiro atoms. The van der Waals surface area contributed by atoms with Crippen LogP contribution in [0.1, 0.15) is 6.42 Å². The van der Waals surface area contributed by atoms with Crippen molar-refractivity contribution in [2.75, 3.05) is 0 Å². The van der Waals surface area contributed by atoms with Gasteiger partial charge in [0.15, 0.2) is 0 Å². The van der Waals surface area contributed by atoms with E-state index in [9.17, 15) is 14.7 Å². The van der Waals surface area contributed by atoms with E-state index in [-0.39, 0.29) is 5.03 Å². The molecule has 0 saturated heterocycles. The number of rotatable bonds is 2. The Labute approximate surface area is 77.7 Å². The van der Waals surface area contributed by atoms with Gasteiger partial charge in [-0.3, -0.25) is 0 Å². The Hall–Kier alpha value is -0.740. The predicted molar refractivity (Wildman–Crippen MR) is 38.2 cm³/mol. The van der Waals surface area contributed by atoms with Crippen LogP contribution in [0.15, 0.2) is 11.1 Å². The van der Waals surface area contributed by atoms with Crippen molar-refractivity contribution >= 4 is 35.1 Å². The maximum atomic E-state index is 10.7. The summed E-state index contributed by atoms with van der Waals surface area (Å²) < 4.78 is 4.45. The van der Waals surface area contributed by atoms with Crippen molar-refractivity contribution in [2.24, 2.45) is 0 Å². The number of carbonyl (C=O) groups is 2. The lowest BCUT2D eigenvalue weighted by Gasteiger charge is -2.18. The fourth-order valence-corrected chi connectivity index (χ4v) is 1.32. The molecule has 12 heavy (non-hydrogen) atoms. The van der Waals surface area contributed by atoms with Gasteiger partial charge in [0.1, 0.15) is 5.03 Å². The number of carboxylic acids is 1. The number of ether oxygens (including phenoxy) is 1. The first-order valence-electron chi connectivity index (χ1n) is 2.93. The Morgan fingerprint density at radius 2 is 2.33 bits per heavy atom. The molecule has 1 aliphatic rings. The van der Waals surface area contributed by atoms with Gasteiger partial charge in [0.2, 0.25) is 5.06 Å². The molecule has 0 radical (unpaired) electrons. The van der Waals surface area contributed by atoms with Gasteiger partial charge < -0.3 is 14.6 Å². The lowest BCUT2D eigenvalue weighted by molar-refractivity contribution is -0.307. The minimum Gasteiger partial charge on any atom is -0.550 e. The number of halogens is 2. The molecule has 0 aliphatic carbocycles. The highest BCUT2D eigenvalue weighted by Gasteiger charge is 2.37. The van der Waals surface area contributed by atoms with E-state index in [4.69, 9.17) is 23.2 Å². The fraction of sp³-hybridized carbons (Fsp3) is 0.333. The summed E-state index contributed by atoms with van der Waals surface area (Å²) in [4.78, 5) is 20.8. The van der Waals surface area contributed by atoms with Crippen molar-refractivity contribution in [1.29, 1.82) is 0 Å². The van der Waals surface area contributed by atoms with E-state index < -0.39 is 23.4 Å². The molecule has 0 fully saturated rings. The molecule has 6 heteroatoms. The van der Waals surface area contributed by atoms with Crippen LogP contribution < -0.4 is 5.11 Å². The van der Waals surface area contributed by atoms with E-state index in [1.165, 1.54) is 0 Å². The highest BCUT2D eigenvalue weighted by Crippen LogP contribution is 2.33. The summed E-state index contributed by atoms with van der Waals surface area (Å²) in [6.45, 7) is 0. The van der Waals surface area contributed by atoms with Gasteiger partial charge in [-0.05, 0) is 0 Å². The molecule has 66 valence electrons. The molecule has 0 saturated carbocycles. The van der Waals surface area contributed by atoms with Gasteiger partial charge in [-0.15, -0.1) is 0 Å². The summed E-state index contributed by atoms with van der Waals surface area (Å²) in [6.07, 6.45) is 0.421. The third-order valence-electron chi connectivity index (χ3n) is 1.19. The molecular weight excluding hydrogens is 207 g/mol. The monoisotopic (exact) mass is 209 g/mol. The molecule has 1 rings (SSSR count). The second-order valence-electron chi connectivity index (χ2n) is 2.22. The Morgan fingerprint density at radius 3 is 2.67 bits per heavy atom. The SMILES string of the molecule is O=C([O-])CC1(Cl)C=C(Cl)C(=O)O1. The normalized spacial score (nSPS) is 28.2. The molecule has 4 nitrogen and oxygen atoms in total. The molecule has 0 N–H and O–H groups in total. The molecule has 0 aromatic rings. The summed E-state index contributed by atoms with van der Waals surface area (Å²) in [5, 5.41) is 8.22. The highest BCUT2D eigenvalue weighted by molar-refractivity contribution is 6.43. The fourth-order valence-electron chi connectivity index (χ4n) is 0.764. The lowest BCUT2D eigenvalue weighted by Crippen LogP contribution is -2.33. The van der Waals surface area contributed by atoms with Gasteiger partial charge in [0, 0.05) is 18.5 Å². The summed E-state index contributed by atoms with van der Waals surface area (Å²) in [6, 6.07) is 0. The zero-order chi connectivity index (χ0) is 9.35. The first-order chi connectivity index (χ1) is 5.43. The van der Waals surface area contributed by atoms with Crippen molar-refractivity contribution in [2.45, 2.75) is 11.5 Å². The Bertz CT molecular complexity index is 273. The summed E-state index contributed by atoms with van der Waals surface area (Å²) in [5.41, 5.74) is 0. The molecule has 0 aromatic carbocycles. The Balaban J connectivity index is 2.77. The first kappa shape index (κ1) is 9.35. The van der Waals surface area contributed by atoms with E-state index in [1.54, 1.807) is 0 Å². The second-order valence-corrected chi connectivity index (χ2v) is 3.26. The maximum Gasteiger partial charge on any atom is 0.351 e. The average molecular weight is 210 g/mol. The number of hydrogen-bond acceptors (Lipinski definition) is 4. The molecule has 1 heterocycles. The molecule has 0 aromatic heterocycles. The number of hydrogen-bond donors (Lipinski definition) is 0. The molecule has 1 aliphatic heterocycles. The third-order valence-corrected chi connectivity index (χ3v) is 1.77. The van der Waals surface area contributed by atoms with E-state index in [0.717, 1.165) is 6.08 Å². The minimum atomic E-state index is -1.67. The molecular formula is C6H3Cl2O4-. The van der Waals surface area contributed by atoms with Crippen molar-refractivity contribution in [1.82, 2.24) is 0 Å². The predicted octanol–water partition coefficient (Wildman–Crippen LogP) is -0.259. The number of aliphatic carboxylic acids is 1. The Morgan fingerprint density at radius 1 is 1.75 bits per heavy atom. The van der Waals surface area contributed by atoms with E-state index >= 15 is 0 Å². The van der Waals surface area contributed by atoms with Crippen LogP contribution in [0.5, 0.6) is 0 Å². The number of esters is 1. The van der Waals surface area contributed by atoms with Crippen LogP contribution >= 0.6 is 23.2 Å². The second kappa shape index (κ2) is 2.95. The van der Waals surface area contributed by atoms with Gasteiger partial charge in [-0.25, -0.2) is 4.79 Å². The standard InChI is InChI=1S/C6H4Cl2O4/c7-3-1-6(8,2-4(9)10)12-5(3)11/h1H,2H2,(H,9,10)/p-1. The van der Waals surface area contributed by atoms with Crippen LogP contribution in [0.4, 0.5) is 0 Å².